The van der Waals surface area contributed by atoms with Crippen LogP contribution in [0.4, 0.5) is 11.4 Å². The van der Waals surface area contributed by atoms with Crippen LogP contribution in [-0.4, -0.2) is 11.8 Å². The summed E-state index contributed by atoms with van der Waals surface area (Å²) in [5.41, 5.74) is 1.43. The standard InChI is InChI=1S/C21H18N2O5/c1-14(24)22-16-8-5-9-17(10-16)23-21(26)19-11-18(25)20(13-28-19)27-12-15-6-3-2-4-7-15/h2-11,13H,12H2,1H3,(H,22,24)(H,23,26). The minimum Gasteiger partial charge on any atom is -0.482 e. The molecule has 142 valence electrons. The first-order valence-electron chi connectivity index (χ1n) is 8.50. The van der Waals surface area contributed by atoms with Gasteiger partial charge < -0.3 is 19.8 Å². The van der Waals surface area contributed by atoms with E-state index >= 15 is 0 Å². The third-order valence-corrected chi connectivity index (χ3v) is 3.70. The van der Waals surface area contributed by atoms with Crippen molar-refractivity contribution in [2.45, 2.75) is 13.5 Å². The lowest BCUT2D eigenvalue weighted by molar-refractivity contribution is -0.114. The van der Waals surface area contributed by atoms with Crippen molar-refractivity contribution < 1.29 is 18.7 Å². The molecule has 3 rings (SSSR count). The van der Waals surface area contributed by atoms with Crippen LogP contribution in [0.3, 0.4) is 0 Å². The Morgan fingerprint density at radius 3 is 2.36 bits per heavy atom. The van der Waals surface area contributed by atoms with Crippen LogP contribution in [0.5, 0.6) is 5.75 Å². The van der Waals surface area contributed by atoms with Gasteiger partial charge in [0, 0.05) is 24.4 Å². The Morgan fingerprint density at radius 1 is 0.964 bits per heavy atom. The van der Waals surface area contributed by atoms with Gasteiger partial charge in [-0.15, -0.1) is 0 Å². The molecule has 0 unspecified atom stereocenters. The quantitative estimate of drug-likeness (QED) is 0.685. The van der Waals surface area contributed by atoms with Crippen LogP contribution < -0.4 is 20.8 Å². The fraction of sp³-hybridized carbons (Fsp3) is 0.0952. The van der Waals surface area contributed by atoms with E-state index in [1.165, 1.54) is 6.92 Å². The first-order valence-corrected chi connectivity index (χ1v) is 8.50. The second-order valence-electron chi connectivity index (χ2n) is 5.96. The van der Waals surface area contributed by atoms with Gasteiger partial charge in [-0.05, 0) is 23.8 Å². The number of hydrogen-bond donors (Lipinski definition) is 2. The van der Waals surface area contributed by atoms with Gasteiger partial charge in [0.15, 0.2) is 5.76 Å². The SMILES string of the molecule is CC(=O)Nc1cccc(NC(=O)c2cc(=O)c(OCc3ccccc3)co2)c1. The van der Waals surface area contributed by atoms with Gasteiger partial charge in [-0.25, -0.2) is 0 Å². The molecule has 0 spiro atoms. The smallest absolute Gasteiger partial charge is 0.291 e. The van der Waals surface area contributed by atoms with Crippen LogP contribution in [0.25, 0.3) is 0 Å². The largest absolute Gasteiger partial charge is 0.482 e. The molecule has 0 saturated carbocycles. The fourth-order valence-electron chi connectivity index (χ4n) is 2.43. The van der Waals surface area contributed by atoms with Gasteiger partial charge in [-0.2, -0.15) is 0 Å². The maximum absolute atomic E-state index is 12.3. The van der Waals surface area contributed by atoms with Gasteiger partial charge in [-0.3, -0.25) is 14.4 Å². The number of hydrogen-bond acceptors (Lipinski definition) is 5. The molecule has 28 heavy (non-hydrogen) atoms. The Labute approximate surface area is 161 Å². The predicted molar refractivity (Wildman–Crippen MR) is 104 cm³/mol. The van der Waals surface area contributed by atoms with E-state index in [1.54, 1.807) is 24.3 Å². The zero-order valence-electron chi connectivity index (χ0n) is 15.1. The third kappa shape index (κ3) is 5.07. The van der Waals surface area contributed by atoms with Crippen LogP contribution in [0.1, 0.15) is 23.0 Å². The van der Waals surface area contributed by atoms with Crippen molar-refractivity contribution in [1.29, 1.82) is 0 Å². The second kappa shape index (κ2) is 8.68. The fourth-order valence-corrected chi connectivity index (χ4v) is 2.43. The van der Waals surface area contributed by atoms with Gasteiger partial charge in [0.1, 0.15) is 12.9 Å². The van der Waals surface area contributed by atoms with Crippen molar-refractivity contribution in [2.75, 3.05) is 10.6 Å². The molecule has 1 aromatic heterocycles. The number of nitrogens with one attached hydrogen (secondary N) is 2. The molecule has 3 aromatic rings. The van der Waals surface area contributed by atoms with Gasteiger partial charge in [0.05, 0.1) is 0 Å². The summed E-state index contributed by atoms with van der Waals surface area (Å²) in [6.07, 6.45) is 1.12. The monoisotopic (exact) mass is 378 g/mol. The van der Waals surface area contributed by atoms with Crippen molar-refractivity contribution in [1.82, 2.24) is 0 Å². The highest BCUT2D eigenvalue weighted by atomic mass is 16.5. The number of anilines is 2. The molecular weight excluding hydrogens is 360 g/mol. The lowest BCUT2D eigenvalue weighted by atomic mass is 10.2. The van der Waals surface area contributed by atoms with E-state index in [-0.39, 0.29) is 24.0 Å². The number of benzene rings is 2. The molecule has 0 aliphatic carbocycles. The Bertz CT molecular complexity index is 1040. The highest BCUT2D eigenvalue weighted by Gasteiger charge is 2.13. The molecule has 1 heterocycles. The minimum atomic E-state index is -0.591. The Kier molecular flexibility index (Phi) is 5.86. The van der Waals surface area contributed by atoms with Crippen molar-refractivity contribution >= 4 is 23.2 Å². The average Bonchev–Trinajstić information content (AvgIpc) is 2.67. The summed E-state index contributed by atoms with van der Waals surface area (Å²) >= 11 is 0. The number of carbonyl (C=O) groups excluding carboxylic acids is 2. The molecule has 0 aliphatic rings. The minimum absolute atomic E-state index is 0.0214. The zero-order valence-corrected chi connectivity index (χ0v) is 15.1. The Hall–Kier alpha value is -3.87. The summed E-state index contributed by atoms with van der Waals surface area (Å²) in [6.45, 7) is 1.61. The molecular formula is C21H18N2O5. The molecule has 7 nitrogen and oxygen atoms in total. The number of amides is 2. The lowest BCUT2D eigenvalue weighted by Crippen LogP contribution is -2.16. The van der Waals surface area contributed by atoms with Crippen LogP contribution >= 0.6 is 0 Å². The molecule has 2 amide bonds. The summed E-state index contributed by atoms with van der Waals surface area (Å²) < 4.78 is 10.7. The van der Waals surface area contributed by atoms with Gasteiger partial charge in [-0.1, -0.05) is 36.4 Å². The highest BCUT2D eigenvalue weighted by molar-refractivity contribution is 6.02. The predicted octanol–water partition coefficient (Wildman–Crippen LogP) is 3.43. The number of carbonyl (C=O) groups is 2. The third-order valence-electron chi connectivity index (χ3n) is 3.70. The van der Waals surface area contributed by atoms with Crippen LogP contribution in [0.15, 0.2) is 76.1 Å². The molecule has 2 N–H and O–H groups in total. The summed E-state index contributed by atoms with van der Waals surface area (Å²) in [5.74, 6) is -0.942. The summed E-state index contributed by atoms with van der Waals surface area (Å²) in [5, 5.41) is 5.23. The summed E-state index contributed by atoms with van der Waals surface area (Å²) in [4.78, 5) is 35.6. The van der Waals surface area contributed by atoms with Crippen LogP contribution in [0, 0.1) is 0 Å². The van der Waals surface area contributed by atoms with E-state index in [2.05, 4.69) is 10.6 Å². The summed E-state index contributed by atoms with van der Waals surface area (Å²) in [7, 11) is 0. The first kappa shape index (κ1) is 18.9. The molecule has 2 aromatic carbocycles. The van der Waals surface area contributed by atoms with E-state index in [1.807, 2.05) is 30.3 Å². The summed E-state index contributed by atoms with van der Waals surface area (Å²) in [6, 6.07) is 17.1. The Balaban J connectivity index is 1.67. The van der Waals surface area contributed by atoms with Crippen molar-refractivity contribution in [2.24, 2.45) is 0 Å². The molecule has 0 radical (unpaired) electrons. The van der Waals surface area contributed by atoms with E-state index in [9.17, 15) is 14.4 Å². The topological polar surface area (TPSA) is 97.6 Å². The van der Waals surface area contributed by atoms with Crippen molar-refractivity contribution in [3.63, 3.8) is 0 Å². The lowest BCUT2D eigenvalue weighted by Gasteiger charge is -2.08. The van der Waals surface area contributed by atoms with Crippen molar-refractivity contribution in [3.05, 3.63) is 88.5 Å². The first-order chi connectivity index (χ1) is 13.5. The van der Waals surface area contributed by atoms with Gasteiger partial charge in [0.25, 0.3) is 5.91 Å². The van der Waals surface area contributed by atoms with Gasteiger partial charge in [0.2, 0.25) is 17.1 Å². The van der Waals surface area contributed by atoms with E-state index in [4.69, 9.17) is 9.15 Å². The normalized spacial score (nSPS) is 10.2. The average molecular weight is 378 g/mol. The molecule has 0 fully saturated rings. The van der Waals surface area contributed by atoms with Gasteiger partial charge >= 0.3 is 0 Å². The number of rotatable bonds is 6. The van der Waals surface area contributed by atoms with Crippen LogP contribution in [-0.2, 0) is 11.4 Å². The molecule has 0 aliphatic heterocycles. The van der Waals surface area contributed by atoms with E-state index in [0.717, 1.165) is 17.9 Å². The maximum atomic E-state index is 12.3. The van der Waals surface area contributed by atoms with Crippen molar-refractivity contribution in [3.8, 4) is 5.75 Å². The molecule has 7 heteroatoms. The highest BCUT2D eigenvalue weighted by Crippen LogP contribution is 2.16. The molecule has 0 atom stereocenters. The van der Waals surface area contributed by atoms with E-state index < -0.39 is 11.3 Å². The maximum Gasteiger partial charge on any atom is 0.291 e. The molecule has 0 saturated heterocycles. The van der Waals surface area contributed by atoms with Crippen LogP contribution in [0.2, 0.25) is 0 Å². The zero-order chi connectivity index (χ0) is 19.9. The molecule has 0 bridgehead atoms. The number of ether oxygens (including phenoxy) is 1. The Morgan fingerprint density at radius 2 is 1.68 bits per heavy atom. The van der Waals surface area contributed by atoms with E-state index in [0.29, 0.717) is 11.4 Å². The second-order valence-corrected chi connectivity index (χ2v) is 5.96.